The third kappa shape index (κ3) is 4.05. The van der Waals surface area contributed by atoms with E-state index in [1.807, 2.05) is 6.92 Å². The minimum absolute atomic E-state index is 0.0901. The molecule has 0 fully saturated rings. The molecule has 0 aliphatic carbocycles. The van der Waals surface area contributed by atoms with E-state index in [0.717, 1.165) is 11.3 Å². The second-order valence-corrected chi connectivity index (χ2v) is 5.78. The van der Waals surface area contributed by atoms with Crippen molar-refractivity contribution in [2.24, 2.45) is 0 Å². The van der Waals surface area contributed by atoms with Crippen LogP contribution in [-0.2, 0) is 9.53 Å². The molecule has 7 nitrogen and oxygen atoms in total. The number of hydrogen-bond donors (Lipinski definition) is 2. The Bertz CT molecular complexity index is 835. The summed E-state index contributed by atoms with van der Waals surface area (Å²) < 4.78 is 15.6. The summed E-state index contributed by atoms with van der Waals surface area (Å²) in [5, 5.41) is 5.87. The van der Waals surface area contributed by atoms with E-state index < -0.39 is 5.97 Å². The van der Waals surface area contributed by atoms with Gasteiger partial charge < -0.3 is 24.8 Å². The summed E-state index contributed by atoms with van der Waals surface area (Å²) in [5.74, 6) is 0.707. The van der Waals surface area contributed by atoms with Crippen LogP contribution < -0.4 is 20.1 Å². The highest BCUT2D eigenvalue weighted by molar-refractivity contribution is 5.94. The number of hydrogen-bond acceptors (Lipinski definition) is 6. The summed E-state index contributed by atoms with van der Waals surface area (Å²) in [6.45, 7) is 2.96. The number of nitrogens with one attached hydrogen (secondary N) is 2. The highest BCUT2D eigenvalue weighted by Crippen LogP contribution is 2.32. The molecule has 2 aromatic carbocycles. The van der Waals surface area contributed by atoms with Gasteiger partial charge >= 0.3 is 5.97 Å². The molecular weight excluding hydrogens is 336 g/mol. The van der Waals surface area contributed by atoms with Crippen LogP contribution in [0.15, 0.2) is 36.4 Å². The molecular formula is C19H20N2O5. The number of ether oxygens (including phenoxy) is 3. The van der Waals surface area contributed by atoms with E-state index >= 15 is 0 Å². The first-order chi connectivity index (χ1) is 12.6. The highest BCUT2D eigenvalue weighted by Gasteiger charge is 2.13. The highest BCUT2D eigenvalue weighted by atomic mass is 16.6. The first-order valence-electron chi connectivity index (χ1n) is 8.19. The number of methoxy groups -OCH3 is 1. The monoisotopic (exact) mass is 356 g/mol. The minimum Gasteiger partial charge on any atom is -0.486 e. The molecule has 0 saturated heterocycles. The fraction of sp³-hybridized carbons (Fsp3) is 0.263. The summed E-state index contributed by atoms with van der Waals surface area (Å²) in [5.41, 5.74) is 2.73. The van der Waals surface area contributed by atoms with Gasteiger partial charge in [-0.15, -0.1) is 0 Å². The van der Waals surface area contributed by atoms with Gasteiger partial charge in [0.1, 0.15) is 13.2 Å². The van der Waals surface area contributed by atoms with Crippen molar-refractivity contribution in [1.29, 1.82) is 0 Å². The lowest BCUT2D eigenvalue weighted by atomic mass is 10.1. The van der Waals surface area contributed by atoms with Crippen LogP contribution in [0.25, 0.3) is 0 Å². The molecule has 2 aromatic rings. The van der Waals surface area contributed by atoms with Crippen molar-refractivity contribution < 1.29 is 23.8 Å². The Morgan fingerprint density at radius 2 is 1.85 bits per heavy atom. The van der Waals surface area contributed by atoms with Crippen LogP contribution in [0.4, 0.5) is 11.4 Å². The second kappa shape index (κ2) is 7.77. The largest absolute Gasteiger partial charge is 0.486 e. The Kier molecular flexibility index (Phi) is 5.26. The van der Waals surface area contributed by atoms with Crippen LogP contribution in [0.3, 0.4) is 0 Å². The normalized spacial score (nSPS) is 12.2. The zero-order valence-corrected chi connectivity index (χ0v) is 14.6. The number of anilines is 2. The lowest BCUT2D eigenvalue weighted by Crippen LogP contribution is -2.22. The first kappa shape index (κ1) is 17.6. The number of carbonyl (C=O) groups is 2. The quantitative estimate of drug-likeness (QED) is 0.801. The van der Waals surface area contributed by atoms with Crippen molar-refractivity contribution in [3.8, 4) is 11.5 Å². The fourth-order valence-corrected chi connectivity index (χ4v) is 2.61. The van der Waals surface area contributed by atoms with Gasteiger partial charge in [-0.1, -0.05) is 0 Å². The lowest BCUT2D eigenvalue weighted by Gasteiger charge is -2.19. The van der Waals surface area contributed by atoms with Crippen molar-refractivity contribution in [2.75, 3.05) is 37.5 Å². The van der Waals surface area contributed by atoms with E-state index in [4.69, 9.17) is 14.2 Å². The molecule has 0 bridgehead atoms. The van der Waals surface area contributed by atoms with Gasteiger partial charge in [-0.05, 0) is 42.8 Å². The molecule has 1 heterocycles. The average Bonchev–Trinajstić information content (AvgIpc) is 2.66. The Morgan fingerprint density at radius 1 is 1.08 bits per heavy atom. The predicted molar refractivity (Wildman–Crippen MR) is 97.1 cm³/mol. The van der Waals surface area contributed by atoms with Gasteiger partial charge in [0.25, 0.3) is 0 Å². The van der Waals surface area contributed by atoms with Crippen LogP contribution in [0, 0.1) is 6.92 Å². The molecule has 136 valence electrons. The number of fused-ring (bicyclic) bond motifs is 1. The summed E-state index contributed by atoms with van der Waals surface area (Å²) in [6.07, 6.45) is 0. The Labute approximate surface area is 151 Å². The van der Waals surface area contributed by atoms with E-state index in [0.29, 0.717) is 36.0 Å². The van der Waals surface area contributed by atoms with Crippen LogP contribution >= 0.6 is 0 Å². The van der Waals surface area contributed by atoms with Crippen LogP contribution in [0.5, 0.6) is 11.5 Å². The second-order valence-electron chi connectivity index (χ2n) is 5.78. The lowest BCUT2D eigenvalue weighted by molar-refractivity contribution is -0.114. The Hall–Kier alpha value is -3.22. The number of aryl methyl sites for hydroxylation is 1. The summed E-state index contributed by atoms with van der Waals surface area (Å²) in [6, 6.07) is 10.4. The third-order valence-corrected chi connectivity index (χ3v) is 3.91. The van der Waals surface area contributed by atoms with E-state index in [1.165, 1.54) is 7.11 Å². The van der Waals surface area contributed by atoms with Crippen molar-refractivity contribution in [2.45, 2.75) is 6.92 Å². The number of amides is 1. The van der Waals surface area contributed by atoms with Gasteiger partial charge in [-0.25, -0.2) is 4.79 Å². The molecule has 3 rings (SSSR count). The maximum absolute atomic E-state index is 12.2. The molecule has 26 heavy (non-hydrogen) atoms. The van der Waals surface area contributed by atoms with Crippen LogP contribution in [-0.4, -0.2) is 38.7 Å². The molecule has 0 spiro atoms. The van der Waals surface area contributed by atoms with Crippen molar-refractivity contribution in [3.63, 3.8) is 0 Å². The molecule has 1 aliphatic rings. The van der Waals surface area contributed by atoms with E-state index in [9.17, 15) is 9.59 Å². The molecule has 0 atom stereocenters. The molecule has 0 aromatic heterocycles. The van der Waals surface area contributed by atoms with Gasteiger partial charge in [0, 0.05) is 17.4 Å². The molecule has 1 aliphatic heterocycles. The molecule has 1 amide bonds. The predicted octanol–water partition coefficient (Wildman–Crippen LogP) is 2.60. The zero-order chi connectivity index (χ0) is 18.5. The first-order valence-corrected chi connectivity index (χ1v) is 8.19. The van der Waals surface area contributed by atoms with Crippen molar-refractivity contribution in [1.82, 2.24) is 0 Å². The number of carbonyl (C=O) groups excluding carboxylic acids is 2. The maximum atomic E-state index is 12.2. The zero-order valence-electron chi connectivity index (χ0n) is 14.6. The standard InChI is InChI=1S/C19H20N2O5/c1-12-9-13(19(23)24-2)3-5-15(12)20-11-18(22)21-14-4-6-16-17(10-14)26-8-7-25-16/h3-6,9-10,20H,7-8,11H2,1-2H3,(H,21,22). The fourth-order valence-electron chi connectivity index (χ4n) is 2.61. The summed E-state index contributed by atoms with van der Waals surface area (Å²) in [7, 11) is 1.34. The molecule has 0 radical (unpaired) electrons. The van der Waals surface area contributed by atoms with Crippen molar-refractivity contribution >= 4 is 23.3 Å². The Morgan fingerprint density at radius 3 is 2.58 bits per heavy atom. The smallest absolute Gasteiger partial charge is 0.337 e. The van der Waals surface area contributed by atoms with Gasteiger partial charge in [0.15, 0.2) is 11.5 Å². The topological polar surface area (TPSA) is 85.9 Å². The van der Waals surface area contributed by atoms with E-state index in [1.54, 1.807) is 36.4 Å². The van der Waals surface area contributed by atoms with E-state index in [-0.39, 0.29) is 12.5 Å². The van der Waals surface area contributed by atoms with Crippen LogP contribution in [0.2, 0.25) is 0 Å². The summed E-state index contributed by atoms with van der Waals surface area (Å²) in [4.78, 5) is 23.7. The van der Waals surface area contributed by atoms with Gasteiger partial charge in [-0.2, -0.15) is 0 Å². The third-order valence-electron chi connectivity index (χ3n) is 3.91. The van der Waals surface area contributed by atoms with Gasteiger partial charge in [0.2, 0.25) is 5.91 Å². The molecule has 0 unspecified atom stereocenters. The molecule has 7 heteroatoms. The molecule has 0 saturated carbocycles. The van der Waals surface area contributed by atoms with Gasteiger partial charge in [0.05, 0.1) is 19.2 Å². The summed E-state index contributed by atoms with van der Waals surface area (Å²) >= 11 is 0. The Balaban J connectivity index is 1.58. The van der Waals surface area contributed by atoms with E-state index in [2.05, 4.69) is 10.6 Å². The average molecular weight is 356 g/mol. The van der Waals surface area contributed by atoms with Crippen LogP contribution in [0.1, 0.15) is 15.9 Å². The minimum atomic E-state index is -0.393. The van der Waals surface area contributed by atoms with Gasteiger partial charge in [-0.3, -0.25) is 4.79 Å². The number of rotatable bonds is 5. The molecule has 2 N–H and O–H groups in total. The SMILES string of the molecule is COC(=O)c1ccc(NCC(=O)Nc2ccc3c(c2)OCCO3)c(C)c1. The number of benzene rings is 2. The maximum Gasteiger partial charge on any atom is 0.337 e. The number of esters is 1. The van der Waals surface area contributed by atoms with Crippen molar-refractivity contribution in [3.05, 3.63) is 47.5 Å².